The van der Waals surface area contributed by atoms with Gasteiger partial charge >= 0.3 is 5.97 Å². The lowest BCUT2D eigenvalue weighted by molar-refractivity contribution is -0.873. The molecule has 0 bridgehead atoms. The number of carboxylic acid groups (broad SMARTS) is 1. The van der Waals surface area contributed by atoms with E-state index in [1.807, 2.05) is 21.1 Å². The van der Waals surface area contributed by atoms with Gasteiger partial charge in [0.2, 0.25) is 0 Å². The molecule has 0 fully saturated rings. The van der Waals surface area contributed by atoms with Crippen LogP contribution in [-0.2, 0) is 14.3 Å². The SMILES string of the molecule is CCCCCCCCCCCCCC(O)CC(=O)OC(CC(=O)[O-])C[N+](C)(C)C. The van der Waals surface area contributed by atoms with E-state index in [-0.39, 0.29) is 12.8 Å². The lowest BCUT2D eigenvalue weighted by Gasteiger charge is -2.29. The highest BCUT2D eigenvalue weighted by Crippen LogP contribution is 2.14. The van der Waals surface area contributed by atoms with Gasteiger partial charge in [0.25, 0.3) is 0 Å². The van der Waals surface area contributed by atoms with Gasteiger partial charge in [0.1, 0.15) is 6.54 Å². The molecule has 0 saturated heterocycles. The van der Waals surface area contributed by atoms with E-state index in [0.29, 0.717) is 17.4 Å². The van der Waals surface area contributed by atoms with Gasteiger partial charge in [-0.25, -0.2) is 0 Å². The quantitative estimate of drug-likeness (QED) is 0.199. The van der Waals surface area contributed by atoms with Gasteiger partial charge in [-0.05, 0) is 6.42 Å². The summed E-state index contributed by atoms with van der Waals surface area (Å²) in [6, 6.07) is 0. The molecule has 0 aliphatic heterocycles. The minimum absolute atomic E-state index is 0.0849. The molecule has 0 spiro atoms. The highest BCUT2D eigenvalue weighted by molar-refractivity contribution is 5.71. The van der Waals surface area contributed by atoms with E-state index in [1.165, 1.54) is 57.8 Å². The zero-order chi connectivity index (χ0) is 22.1. The van der Waals surface area contributed by atoms with Crippen molar-refractivity contribution in [2.24, 2.45) is 0 Å². The van der Waals surface area contributed by atoms with Crippen molar-refractivity contribution in [3.8, 4) is 0 Å². The molecule has 0 radical (unpaired) electrons. The number of rotatable bonds is 19. The van der Waals surface area contributed by atoms with Crippen LogP contribution < -0.4 is 5.11 Å². The number of unbranched alkanes of at least 4 members (excludes halogenated alkanes) is 10. The number of hydrogen-bond acceptors (Lipinski definition) is 5. The molecule has 0 aromatic rings. The molecule has 6 nitrogen and oxygen atoms in total. The Bertz CT molecular complexity index is 433. The first-order valence-corrected chi connectivity index (χ1v) is 11.5. The third kappa shape index (κ3) is 19.9. The van der Waals surface area contributed by atoms with Gasteiger partial charge in [-0.3, -0.25) is 4.79 Å². The summed E-state index contributed by atoms with van der Waals surface area (Å²) in [5, 5.41) is 20.9. The summed E-state index contributed by atoms with van der Waals surface area (Å²) in [5.74, 6) is -1.78. The van der Waals surface area contributed by atoms with Gasteiger partial charge < -0.3 is 24.2 Å². The standard InChI is InChI=1S/C23H45NO5/c1-5-6-7-8-9-10-11-12-13-14-15-16-20(25)17-23(28)29-21(18-22(26)27)19-24(2,3)4/h20-21,25H,5-19H2,1-4H3. The molecule has 6 heteroatoms. The number of ether oxygens (including phenoxy) is 1. The molecule has 172 valence electrons. The summed E-state index contributed by atoms with van der Waals surface area (Å²) in [5.41, 5.74) is 0. The average Bonchev–Trinajstić information content (AvgIpc) is 2.57. The number of carboxylic acids is 1. The van der Waals surface area contributed by atoms with Crippen LogP contribution in [-0.4, -0.2) is 61.4 Å². The molecule has 0 aromatic carbocycles. The van der Waals surface area contributed by atoms with Gasteiger partial charge in [-0.1, -0.05) is 77.6 Å². The lowest BCUT2D eigenvalue weighted by Crippen LogP contribution is -2.45. The fourth-order valence-electron chi connectivity index (χ4n) is 3.51. The van der Waals surface area contributed by atoms with Crippen LogP contribution in [0.5, 0.6) is 0 Å². The first-order valence-electron chi connectivity index (χ1n) is 11.5. The molecule has 0 amide bonds. The molecular weight excluding hydrogens is 370 g/mol. The number of likely N-dealkylation sites (N-methyl/N-ethyl adjacent to an activating group) is 1. The molecule has 29 heavy (non-hydrogen) atoms. The number of aliphatic hydroxyl groups is 1. The zero-order valence-corrected chi connectivity index (χ0v) is 19.3. The molecule has 0 rings (SSSR count). The normalized spacial score (nSPS) is 13.8. The minimum atomic E-state index is -1.24. The van der Waals surface area contributed by atoms with E-state index in [1.54, 1.807) is 0 Å². The van der Waals surface area contributed by atoms with Gasteiger partial charge in [0.05, 0.1) is 33.7 Å². The molecule has 2 unspecified atom stereocenters. The highest BCUT2D eigenvalue weighted by atomic mass is 16.5. The van der Waals surface area contributed by atoms with Crippen LogP contribution in [0.4, 0.5) is 0 Å². The van der Waals surface area contributed by atoms with Crippen LogP contribution in [0, 0.1) is 0 Å². The fourth-order valence-corrected chi connectivity index (χ4v) is 3.51. The average molecular weight is 416 g/mol. The van der Waals surface area contributed by atoms with E-state index >= 15 is 0 Å². The van der Waals surface area contributed by atoms with E-state index in [9.17, 15) is 19.8 Å². The lowest BCUT2D eigenvalue weighted by atomic mass is 10.0. The van der Waals surface area contributed by atoms with Crippen molar-refractivity contribution in [3.63, 3.8) is 0 Å². The van der Waals surface area contributed by atoms with Crippen molar-refractivity contribution in [2.45, 2.75) is 109 Å². The first-order chi connectivity index (χ1) is 13.6. The second-order valence-electron chi connectivity index (χ2n) is 9.34. The zero-order valence-electron chi connectivity index (χ0n) is 19.3. The van der Waals surface area contributed by atoms with Gasteiger partial charge in [-0.2, -0.15) is 0 Å². The Kier molecular flexibility index (Phi) is 16.0. The van der Waals surface area contributed by atoms with E-state index in [4.69, 9.17) is 4.74 Å². The number of carbonyl (C=O) groups excluding carboxylic acids is 2. The van der Waals surface area contributed by atoms with Crippen molar-refractivity contribution in [1.29, 1.82) is 0 Å². The summed E-state index contributed by atoms with van der Waals surface area (Å²) < 4.78 is 5.76. The number of carbonyl (C=O) groups is 2. The number of esters is 1. The largest absolute Gasteiger partial charge is 0.550 e. The molecule has 0 heterocycles. The first kappa shape index (κ1) is 27.9. The Morgan fingerprint density at radius 2 is 1.34 bits per heavy atom. The predicted octanol–water partition coefficient (Wildman–Crippen LogP) is 3.20. The topological polar surface area (TPSA) is 86.7 Å². The third-order valence-electron chi connectivity index (χ3n) is 4.99. The second-order valence-corrected chi connectivity index (χ2v) is 9.34. The van der Waals surface area contributed by atoms with Crippen LogP contribution in [0.15, 0.2) is 0 Å². The summed E-state index contributed by atoms with van der Waals surface area (Å²) >= 11 is 0. The van der Waals surface area contributed by atoms with Crippen LogP contribution in [0.2, 0.25) is 0 Å². The predicted molar refractivity (Wildman–Crippen MR) is 114 cm³/mol. The highest BCUT2D eigenvalue weighted by Gasteiger charge is 2.23. The van der Waals surface area contributed by atoms with E-state index in [0.717, 1.165) is 12.8 Å². The molecule has 0 aromatic heterocycles. The van der Waals surface area contributed by atoms with Gasteiger partial charge in [-0.15, -0.1) is 0 Å². The Morgan fingerprint density at radius 1 is 0.862 bits per heavy atom. The van der Waals surface area contributed by atoms with Crippen molar-refractivity contribution in [1.82, 2.24) is 0 Å². The Labute approximate surface area is 178 Å². The number of hydrogen-bond donors (Lipinski definition) is 1. The van der Waals surface area contributed by atoms with Gasteiger partial charge in [0.15, 0.2) is 6.10 Å². The monoisotopic (exact) mass is 415 g/mol. The second kappa shape index (κ2) is 16.6. The summed E-state index contributed by atoms with van der Waals surface area (Å²) in [4.78, 5) is 22.9. The number of aliphatic hydroxyl groups excluding tert-OH is 1. The van der Waals surface area contributed by atoms with Crippen molar-refractivity contribution >= 4 is 11.9 Å². The molecule has 0 aliphatic carbocycles. The number of nitrogens with zero attached hydrogens (tertiary/aromatic N) is 1. The van der Waals surface area contributed by atoms with Crippen molar-refractivity contribution < 1.29 is 29.0 Å². The van der Waals surface area contributed by atoms with Crippen LogP contribution >= 0.6 is 0 Å². The minimum Gasteiger partial charge on any atom is -0.550 e. The third-order valence-corrected chi connectivity index (χ3v) is 4.99. The maximum Gasteiger partial charge on any atom is 0.308 e. The molecule has 0 aliphatic rings. The van der Waals surface area contributed by atoms with Crippen molar-refractivity contribution in [2.75, 3.05) is 27.7 Å². The van der Waals surface area contributed by atoms with Crippen molar-refractivity contribution in [3.05, 3.63) is 0 Å². The summed E-state index contributed by atoms with van der Waals surface area (Å²) in [7, 11) is 5.70. The summed E-state index contributed by atoms with van der Waals surface area (Å²) in [6.45, 7) is 2.62. The maximum atomic E-state index is 12.0. The van der Waals surface area contributed by atoms with Crippen LogP contribution in [0.25, 0.3) is 0 Å². The molecule has 0 saturated carbocycles. The molecule has 1 N–H and O–H groups in total. The number of aliphatic carboxylic acids is 1. The summed E-state index contributed by atoms with van der Waals surface area (Å²) in [6.07, 6.45) is 12.4. The molecular formula is C23H45NO5. The fraction of sp³-hybridized carbons (Fsp3) is 0.913. The van der Waals surface area contributed by atoms with E-state index < -0.39 is 24.1 Å². The smallest absolute Gasteiger partial charge is 0.308 e. The van der Waals surface area contributed by atoms with Gasteiger partial charge in [0, 0.05) is 12.4 Å². The van der Waals surface area contributed by atoms with E-state index in [2.05, 4.69) is 6.92 Å². The Hall–Kier alpha value is -1.14. The van der Waals surface area contributed by atoms with Crippen LogP contribution in [0.1, 0.15) is 96.8 Å². The van der Waals surface area contributed by atoms with Crippen LogP contribution in [0.3, 0.4) is 0 Å². The number of quaternary nitrogens is 1. The maximum absolute atomic E-state index is 12.0. The Balaban J connectivity index is 3.82. The molecule has 2 atom stereocenters. The Morgan fingerprint density at radius 3 is 1.79 bits per heavy atom.